The number of pyridine rings is 1. The number of carbonyl (C=O) groups is 3. The molecule has 2 amide bonds. The van der Waals surface area contributed by atoms with Gasteiger partial charge in [0, 0.05) is 35.1 Å². The van der Waals surface area contributed by atoms with E-state index < -0.39 is 57.1 Å². The summed E-state index contributed by atoms with van der Waals surface area (Å²) in [7, 11) is -1.13. The zero-order valence-corrected chi connectivity index (χ0v) is 29.7. The Bertz CT molecular complexity index is 2110. The molecule has 1 aliphatic heterocycles. The zero-order valence-electron chi connectivity index (χ0n) is 28.9. The quantitative estimate of drug-likeness (QED) is 0.137. The molecule has 2 heterocycles. The van der Waals surface area contributed by atoms with Gasteiger partial charge in [0.1, 0.15) is 23.4 Å². The molecule has 18 heteroatoms. The van der Waals surface area contributed by atoms with E-state index in [2.05, 4.69) is 15.6 Å². The Balaban J connectivity index is 0.000000815. The van der Waals surface area contributed by atoms with E-state index in [1.165, 1.54) is 44.6 Å². The minimum atomic E-state index is -5.08. The lowest BCUT2D eigenvalue weighted by atomic mass is 10.00. The predicted molar refractivity (Wildman–Crippen MR) is 188 cm³/mol. The molecule has 5 N–H and O–H groups in total. The van der Waals surface area contributed by atoms with Crippen molar-refractivity contribution in [2.24, 2.45) is 0 Å². The lowest BCUT2D eigenvalue weighted by Gasteiger charge is -2.32. The molecule has 3 aromatic carbocycles. The highest BCUT2D eigenvalue weighted by atomic mass is 32.2. The second kappa shape index (κ2) is 16.4. The maximum atomic E-state index is 15.5. The number of nitrogen functional groups attached to an aromatic ring is 1. The highest BCUT2D eigenvalue weighted by Crippen LogP contribution is 2.40. The van der Waals surface area contributed by atoms with Gasteiger partial charge < -0.3 is 30.5 Å². The first-order valence-electron chi connectivity index (χ1n) is 16.0. The van der Waals surface area contributed by atoms with Crippen LogP contribution in [0.5, 0.6) is 5.75 Å². The number of hydrogen-bond donors (Lipinski definition) is 4. The number of likely N-dealkylation sites (tertiary alicyclic amines) is 1. The van der Waals surface area contributed by atoms with Gasteiger partial charge in [0.15, 0.2) is 9.84 Å². The van der Waals surface area contributed by atoms with Gasteiger partial charge in [-0.05, 0) is 98.3 Å². The van der Waals surface area contributed by atoms with E-state index in [4.69, 9.17) is 25.1 Å². The Morgan fingerprint density at radius 2 is 1.70 bits per heavy atom. The van der Waals surface area contributed by atoms with Crippen LogP contribution in [0.1, 0.15) is 49.9 Å². The van der Waals surface area contributed by atoms with Gasteiger partial charge in [0.05, 0.1) is 30.4 Å². The van der Waals surface area contributed by atoms with Crippen molar-refractivity contribution in [3.05, 3.63) is 83.8 Å². The van der Waals surface area contributed by atoms with Crippen LogP contribution in [0.4, 0.5) is 39.5 Å². The summed E-state index contributed by atoms with van der Waals surface area (Å²) in [6.45, 7) is 3.45. The molecule has 1 aromatic heterocycles. The van der Waals surface area contributed by atoms with Crippen LogP contribution in [-0.4, -0.2) is 73.6 Å². The summed E-state index contributed by atoms with van der Waals surface area (Å²) >= 11 is 0. The Labute approximate surface area is 302 Å². The van der Waals surface area contributed by atoms with Crippen molar-refractivity contribution in [1.82, 2.24) is 9.88 Å². The Morgan fingerprint density at radius 3 is 2.32 bits per heavy atom. The summed E-state index contributed by atoms with van der Waals surface area (Å²) in [5, 5.41) is 13.7. The number of fused-ring (bicyclic) bond motifs is 1. The first-order valence-corrected chi connectivity index (χ1v) is 17.5. The standard InChI is InChI=1S/C33H36FN5O6S.C2HF3O2/c1-19(2)46(42,43)29-12-8-22(38-33(41)45-4)17-26(29)28-6-5-15-39(28)32(40)30(25-18-23(44-3)9-11-27(25)34)37-21-7-10-24-20(16-21)13-14-36-31(24)35;3-2(4,5)1(6)7/h7-14,16-19,28,30,37H,5-6,15H2,1-4H3,(H2,35,36)(H,38,41);(H,6,7)/t28-,30-;/m1./s1. The van der Waals surface area contributed by atoms with E-state index in [1.807, 2.05) is 0 Å². The first kappa shape index (κ1) is 40.1. The smallest absolute Gasteiger partial charge is 0.490 e. The number of benzene rings is 3. The third kappa shape index (κ3) is 9.24. The van der Waals surface area contributed by atoms with Crippen LogP contribution in [0.2, 0.25) is 0 Å². The maximum Gasteiger partial charge on any atom is 0.490 e. The summed E-state index contributed by atoms with van der Waals surface area (Å²) in [5.41, 5.74) is 7.28. The van der Waals surface area contributed by atoms with Crippen LogP contribution in [0.3, 0.4) is 0 Å². The average molecular weight is 764 g/mol. The number of alkyl halides is 3. The number of anilines is 3. The molecule has 53 heavy (non-hydrogen) atoms. The number of rotatable bonds is 9. The van der Waals surface area contributed by atoms with Gasteiger partial charge >= 0.3 is 18.2 Å². The van der Waals surface area contributed by atoms with Crippen molar-refractivity contribution in [2.45, 2.75) is 55.1 Å². The van der Waals surface area contributed by atoms with Gasteiger partial charge in [-0.15, -0.1) is 0 Å². The fourth-order valence-corrected chi connectivity index (χ4v) is 6.98. The van der Waals surface area contributed by atoms with Crippen LogP contribution in [0.15, 0.2) is 71.8 Å². The molecule has 0 spiro atoms. The Hall–Kier alpha value is -5.65. The predicted octanol–water partition coefficient (Wildman–Crippen LogP) is 6.48. The van der Waals surface area contributed by atoms with E-state index >= 15 is 4.39 Å². The molecule has 13 nitrogen and oxygen atoms in total. The molecule has 1 aliphatic rings. The Morgan fingerprint density at radius 1 is 1.02 bits per heavy atom. The molecule has 4 aromatic rings. The SMILES string of the molecule is COC(=O)Nc1ccc(S(=O)(=O)C(C)C)c([C@H]2CCCN2C(=O)[C@H](Nc2ccc3c(N)nccc3c2)c2cc(OC)ccc2F)c1.O=C(O)C(F)(F)F. The van der Waals surface area contributed by atoms with Crippen LogP contribution < -0.4 is 21.1 Å². The third-order valence-corrected chi connectivity index (χ3v) is 10.6. The van der Waals surface area contributed by atoms with E-state index in [0.29, 0.717) is 47.9 Å². The lowest BCUT2D eigenvalue weighted by molar-refractivity contribution is -0.192. The van der Waals surface area contributed by atoms with Gasteiger partial charge in [0.25, 0.3) is 0 Å². The number of hydrogen-bond acceptors (Lipinski definition) is 10. The molecule has 284 valence electrons. The summed E-state index contributed by atoms with van der Waals surface area (Å²) in [4.78, 5) is 41.2. The number of aromatic nitrogens is 1. The van der Waals surface area contributed by atoms with Gasteiger partial charge in [-0.25, -0.2) is 27.4 Å². The maximum absolute atomic E-state index is 15.5. The normalized spacial score (nSPS) is 15.0. The number of aliphatic carboxylic acids is 1. The van der Waals surface area contributed by atoms with E-state index in [1.54, 1.807) is 55.3 Å². The average Bonchev–Trinajstić information content (AvgIpc) is 3.60. The fraction of sp³-hybridized carbons (Fsp3) is 0.314. The molecular formula is C35H37F4N5O8S. The number of carboxylic acids is 1. The molecule has 5 rings (SSSR count). The number of methoxy groups -OCH3 is 2. The molecule has 0 unspecified atom stereocenters. The van der Waals surface area contributed by atoms with Crippen molar-refractivity contribution in [3.63, 3.8) is 0 Å². The summed E-state index contributed by atoms with van der Waals surface area (Å²) < 4.78 is 84.4. The van der Waals surface area contributed by atoms with Gasteiger partial charge in [0.2, 0.25) is 5.91 Å². The number of carboxylic acid groups (broad SMARTS) is 1. The fourth-order valence-electron chi connectivity index (χ4n) is 5.69. The number of ether oxygens (including phenoxy) is 2. The molecule has 2 atom stereocenters. The molecular weight excluding hydrogens is 726 g/mol. The molecule has 0 saturated carbocycles. The number of nitrogens with one attached hydrogen (secondary N) is 2. The number of carbonyl (C=O) groups excluding carboxylic acids is 2. The van der Waals surface area contributed by atoms with Crippen LogP contribution in [0.25, 0.3) is 10.8 Å². The van der Waals surface area contributed by atoms with E-state index in [9.17, 15) is 31.2 Å². The Kier molecular flexibility index (Phi) is 12.4. The number of nitrogens with two attached hydrogens (primary N) is 1. The minimum absolute atomic E-state index is 0.0559. The number of sulfone groups is 1. The largest absolute Gasteiger partial charge is 0.497 e. The highest BCUT2D eigenvalue weighted by molar-refractivity contribution is 7.92. The van der Waals surface area contributed by atoms with Crippen molar-refractivity contribution < 1.29 is 54.9 Å². The summed E-state index contributed by atoms with van der Waals surface area (Å²) in [5.74, 6) is -3.13. The van der Waals surface area contributed by atoms with Gasteiger partial charge in [-0.2, -0.15) is 13.2 Å². The third-order valence-electron chi connectivity index (χ3n) is 8.37. The van der Waals surface area contributed by atoms with Gasteiger partial charge in [-0.3, -0.25) is 10.1 Å². The second-order valence-corrected chi connectivity index (χ2v) is 14.5. The van der Waals surface area contributed by atoms with E-state index in [-0.39, 0.29) is 10.5 Å². The van der Waals surface area contributed by atoms with Gasteiger partial charge in [-0.1, -0.05) is 0 Å². The lowest BCUT2D eigenvalue weighted by Crippen LogP contribution is -2.38. The zero-order chi connectivity index (χ0) is 39.2. The molecule has 1 fully saturated rings. The van der Waals surface area contributed by atoms with Crippen molar-refractivity contribution in [3.8, 4) is 5.75 Å². The van der Waals surface area contributed by atoms with Crippen molar-refractivity contribution in [1.29, 1.82) is 0 Å². The summed E-state index contributed by atoms with van der Waals surface area (Å²) in [6.07, 6.45) is -3.21. The number of halogens is 4. The van der Waals surface area contributed by atoms with Crippen molar-refractivity contribution in [2.75, 3.05) is 37.1 Å². The first-order chi connectivity index (χ1) is 24.9. The second-order valence-electron chi connectivity index (χ2n) is 12.1. The number of nitrogens with zero attached hydrogens (tertiary/aromatic N) is 2. The van der Waals surface area contributed by atoms with Crippen LogP contribution >= 0.6 is 0 Å². The monoisotopic (exact) mass is 763 g/mol. The molecule has 0 aliphatic carbocycles. The minimum Gasteiger partial charge on any atom is -0.497 e. The number of amides is 2. The summed E-state index contributed by atoms with van der Waals surface area (Å²) in [6, 6.07) is 13.8. The van der Waals surface area contributed by atoms with Crippen LogP contribution in [-0.2, 0) is 24.2 Å². The topological polar surface area (TPSA) is 190 Å². The highest BCUT2D eigenvalue weighted by Gasteiger charge is 2.39. The van der Waals surface area contributed by atoms with Crippen LogP contribution in [0, 0.1) is 5.82 Å². The molecule has 0 radical (unpaired) electrons. The van der Waals surface area contributed by atoms with Crippen molar-refractivity contribution >= 4 is 55.8 Å². The molecule has 0 bridgehead atoms. The molecule has 1 saturated heterocycles. The van der Waals surface area contributed by atoms with E-state index in [0.717, 1.165) is 10.8 Å².